The van der Waals surface area contributed by atoms with Crippen molar-refractivity contribution in [3.63, 3.8) is 0 Å². The van der Waals surface area contributed by atoms with Crippen LogP contribution in [0.4, 0.5) is 5.95 Å². The minimum atomic E-state index is -0.221. The van der Waals surface area contributed by atoms with Crippen molar-refractivity contribution in [2.24, 2.45) is 0 Å². The van der Waals surface area contributed by atoms with E-state index in [9.17, 15) is 0 Å². The van der Waals surface area contributed by atoms with Crippen LogP contribution < -0.4 is 5.73 Å². The van der Waals surface area contributed by atoms with Crippen molar-refractivity contribution in [1.82, 2.24) is 15.0 Å². The van der Waals surface area contributed by atoms with Gasteiger partial charge in [-0.1, -0.05) is 30.3 Å². The Kier molecular flexibility index (Phi) is 3.36. The van der Waals surface area contributed by atoms with Crippen molar-refractivity contribution in [3.05, 3.63) is 47.5 Å². The number of aromatic nitrogens is 3. The summed E-state index contributed by atoms with van der Waals surface area (Å²) in [5.74, 6) is 1.71. The average molecular weight is 270 g/mol. The normalized spacial score (nSPS) is 17.9. The molecule has 1 aromatic heterocycles. The predicted octanol–water partition coefficient (Wildman–Crippen LogP) is 1.86. The van der Waals surface area contributed by atoms with Crippen LogP contribution in [0.3, 0.4) is 0 Å². The van der Waals surface area contributed by atoms with Gasteiger partial charge in [0.15, 0.2) is 0 Å². The SMILES string of the molecule is Cc1nc(N)nc(C2(c3ccccc3)CCOCC2)n1. The van der Waals surface area contributed by atoms with Crippen LogP contribution in [0.25, 0.3) is 0 Å². The van der Waals surface area contributed by atoms with Crippen LogP contribution in [0.15, 0.2) is 30.3 Å². The lowest BCUT2D eigenvalue weighted by Crippen LogP contribution is -2.37. The second-order valence-corrected chi connectivity index (χ2v) is 5.12. The van der Waals surface area contributed by atoms with Crippen LogP contribution in [-0.4, -0.2) is 28.2 Å². The van der Waals surface area contributed by atoms with E-state index >= 15 is 0 Å². The first-order valence-corrected chi connectivity index (χ1v) is 6.83. The molecular weight excluding hydrogens is 252 g/mol. The van der Waals surface area contributed by atoms with E-state index in [1.807, 2.05) is 25.1 Å². The number of hydrogen-bond acceptors (Lipinski definition) is 5. The molecule has 0 atom stereocenters. The molecule has 1 saturated heterocycles. The molecule has 1 aliphatic rings. The van der Waals surface area contributed by atoms with Crippen LogP contribution in [0.5, 0.6) is 0 Å². The predicted molar refractivity (Wildman–Crippen MR) is 76.3 cm³/mol. The Hall–Kier alpha value is -2.01. The van der Waals surface area contributed by atoms with Gasteiger partial charge in [-0.3, -0.25) is 0 Å². The summed E-state index contributed by atoms with van der Waals surface area (Å²) < 4.78 is 5.53. The lowest BCUT2D eigenvalue weighted by Gasteiger charge is -2.36. The summed E-state index contributed by atoms with van der Waals surface area (Å²) in [6.07, 6.45) is 1.72. The van der Waals surface area contributed by atoms with Crippen molar-refractivity contribution in [2.45, 2.75) is 25.2 Å². The second kappa shape index (κ2) is 5.17. The third-order valence-corrected chi connectivity index (χ3v) is 3.87. The zero-order chi connectivity index (χ0) is 14.0. The van der Waals surface area contributed by atoms with Crippen LogP contribution in [0.2, 0.25) is 0 Å². The molecule has 5 heteroatoms. The fraction of sp³-hybridized carbons (Fsp3) is 0.400. The maximum absolute atomic E-state index is 5.81. The molecule has 104 valence electrons. The van der Waals surface area contributed by atoms with Gasteiger partial charge in [-0.25, -0.2) is 4.98 Å². The maximum Gasteiger partial charge on any atom is 0.223 e. The van der Waals surface area contributed by atoms with E-state index in [0.717, 1.165) is 18.7 Å². The minimum Gasteiger partial charge on any atom is -0.381 e. The van der Waals surface area contributed by atoms with Gasteiger partial charge in [0.2, 0.25) is 5.95 Å². The van der Waals surface area contributed by atoms with Crippen LogP contribution in [0.1, 0.15) is 30.1 Å². The fourth-order valence-corrected chi connectivity index (χ4v) is 2.83. The highest BCUT2D eigenvalue weighted by molar-refractivity contribution is 5.35. The van der Waals surface area contributed by atoms with Crippen LogP contribution >= 0.6 is 0 Å². The summed E-state index contributed by atoms with van der Waals surface area (Å²) in [5.41, 5.74) is 6.80. The third-order valence-electron chi connectivity index (χ3n) is 3.87. The fourth-order valence-electron chi connectivity index (χ4n) is 2.83. The first-order valence-electron chi connectivity index (χ1n) is 6.83. The Morgan fingerprint density at radius 3 is 2.40 bits per heavy atom. The summed E-state index contributed by atoms with van der Waals surface area (Å²) in [5, 5.41) is 0. The zero-order valence-corrected chi connectivity index (χ0v) is 11.5. The Morgan fingerprint density at radius 1 is 1.05 bits per heavy atom. The second-order valence-electron chi connectivity index (χ2n) is 5.12. The zero-order valence-electron chi connectivity index (χ0n) is 11.5. The smallest absolute Gasteiger partial charge is 0.223 e. The van der Waals surface area contributed by atoms with E-state index in [0.29, 0.717) is 19.0 Å². The van der Waals surface area contributed by atoms with E-state index in [-0.39, 0.29) is 11.4 Å². The minimum absolute atomic E-state index is 0.221. The van der Waals surface area contributed by atoms with E-state index in [2.05, 4.69) is 27.1 Å². The number of anilines is 1. The summed E-state index contributed by atoms with van der Waals surface area (Å²) in [7, 11) is 0. The number of hydrogen-bond donors (Lipinski definition) is 1. The third kappa shape index (κ3) is 2.25. The van der Waals surface area contributed by atoms with Gasteiger partial charge in [0, 0.05) is 13.2 Å². The standard InChI is InChI=1S/C15H18N4O/c1-11-17-13(19-14(16)18-11)15(7-9-20-10-8-15)12-5-3-2-4-6-12/h2-6H,7-10H2,1H3,(H2,16,17,18,19). The van der Waals surface area contributed by atoms with Gasteiger partial charge in [0.25, 0.3) is 0 Å². The monoisotopic (exact) mass is 270 g/mol. The van der Waals surface area contributed by atoms with Crippen LogP contribution in [-0.2, 0) is 10.2 Å². The van der Waals surface area contributed by atoms with Gasteiger partial charge < -0.3 is 10.5 Å². The van der Waals surface area contributed by atoms with Crippen molar-refractivity contribution in [1.29, 1.82) is 0 Å². The largest absolute Gasteiger partial charge is 0.381 e. The molecule has 0 spiro atoms. The van der Waals surface area contributed by atoms with Gasteiger partial charge in [-0.2, -0.15) is 9.97 Å². The highest BCUT2D eigenvalue weighted by Crippen LogP contribution is 2.39. The first-order chi connectivity index (χ1) is 9.71. The summed E-state index contributed by atoms with van der Waals surface area (Å²) in [6, 6.07) is 10.4. The molecule has 1 fully saturated rings. The molecule has 20 heavy (non-hydrogen) atoms. The van der Waals surface area contributed by atoms with Gasteiger partial charge in [0.05, 0.1) is 5.41 Å². The Morgan fingerprint density at radius 2 is 1.75 bits per heavy atom. The lowest BCUT2D eigenvalue weighted by molar-refractivity contribution is 0.0604. The van der Waals surface area contributed by atoms with E-state index in [4.69, 9.17) is 10.5 Å². The maximum atomic E-state index is 5.81. The molecule has 0 bridgehead atoms. The molecule has 1 aliphatic heterocycles. The molecular formula is C15H18N4O. The van der Waals surface area contributed by atoms with Crippen LogP contribution in [0, 0.1) is 6.92 Å². The molecule has 0 saturated carbocycles. The van der Waals surface area contributed by atoms with Gasteiger partial charge in [-0.15, -0.1) is 0 Å². The first kappa shape index (κ1) is 13.0. The summed E-state index contributed by atoms with van der Waals surface area (Å²) >= 11 is 0. The number of aryl methyl sites for hydroxylation is 1. The number of nitrogen functional groups attached to an aromatic ring is 1. The topological polar surface area (TPSA) is 73.9 Å². The Labute approximate surface area is 118 Å². The summed E-state index contributed by atoms with van der Waals surface area (Å²) in [4.78, 5) is 13.0. The Balaban J connectivity index is 2.15. The van der Waals surface area contributed by atoms with E-state index < -0.39 is 0 Å². The Bertz CT molecular complexity index is 574. The lowest BCUT2D eigenvalue weighted by atomic mass is 9.73. The van der Waals surface area contributed by atoms with E-state index in [1.54, 1.807) is 0 Å². The molecule has 0 radical (unpaired) electrons. The quantitative estimate of drug-likeness (QED) is 0.901. The molecule has 2 aromatic rings. The number of rotatable bonds is 2. The number of nitrogens with zero attached hydrogens (tertiary/aromatic N) is 3. The van der Waals surface area contributed by atoms with Gasteiger partial charge >= 0.3 is 0 Å². The van der Waals surface area contributed by atoms with Crippen molar-refractivity contribution >= 4 is 5.95 Å². The van der Waals surface area contributed by atoms with Crippen molar-refractivity contribution < 1.29 is 4.74 Å². The van der Waals surface area contributed by atoms with Gasteiger partial charge in [0.1, 0.15) is 11.6 Å². The van der Waals surface area contributed by atoms with E-state index in [1.165, 1.54) is 5.56 Å². The highest BCUT2D eigenvalue weighted by atomic mass is 16.5. The van der Waals surface area contributed by atoms with Crippen molar-refractivity contribution in [2.75, 3.05) is 18.9 Å². The number of benzene rings is 1. The number of ether oxygens (including phenoxy) is 1. The van der Waals surface area contributed by atoms with Gasteiger partial charge in [-0.05, 0) is 25.3 Å². The molecule has 0 unspecified atom stereocenters. The molecule has 0 amide bonds. The molecule has 2 heterocycles. The molecule has 5 nitrogen and oxygen atoms in total. The molecule has 1 aromatic carbocycles. The highest BCUT2D eigenvalue weighted by Gasteiger charge is 2.39. The average Bonchev–Trinajstić information content (AvgIpc) is 2.48. The molecule has 0 aliphatic carbocycles. The number of nitrogens with two attached hydrogens (primary N) is 1. The summed E-state index contributed by atoms with van der Waals surface area (Å²) in [6.45, 7) is 3.26. The molecule has 3 rings (SSSR count). The molecule has 2 N–H and O–H groups in total. The van der Waals surface area contributed by atoms with Crippen molar-refractivity contribution in [3.8, 4) is 0 Å².